The van der Waals surface area contributed by atoms with E-state index in [1.165, 1.54) is 0 Å². The number of amides is 2. The topological polar surface area (TPSA) is 67.9 Å². The third-order valence-corrected chi connectivity index (χ3v) is 6.76. The molecule has 0 fully saturated rings. The third-order valence-electron chi connectivity index (χ3n) is 5.82. The molecule has 2 atom stereocenters. The minimum Gasteiger partial charge on any atom is -0.494 e. The van der Waals surface area contributed by atoms with Crippen LogP contribution in [0.15, 0.2) is 66.0 Å². The van der Waals surface area contributed by atoms with Crippen LogP contribution in [-0.4, -0.2) is 43.6 Å². The van der Waals surface area contributed by atoms with Gasteiger partial charge in [-0.3, -0.25) is 9.59 Å². The number of hydrogen-bond acceptors (Lipinski definition) is 5. The molecule has 3 aromatic rings. The fourth-order valence-electron chi connectivity index (χ4n) is 4.32. The Morgan fingerprint density at radius 3 is 2.64 bits per heavy atom. The number of carbonyl (C=O) groups excluding carboxylic acids is 2. The predicted octanol–water partition coefficient (Wildman–Crippen LogP) is 4.39. The smallest absolute Gasteiger partial charge is 0.254 e. The Morgan fingerprint density at radius 1 is 1.09 bits per heavy atom. The molecule has 0 aliphatic carbocycles. The maximum atomic E-state index is 13.7. The van der Waals surface area contributed by atoms with Crippen LogP contribution in [0.2, 0.25) is 0 Å². The molecule has 1 aliphatic rings. The standard InChI is InChI=1S/C26H28N2O4S/c1-3-32-21-12-7-4-9-18(21)17-27-25(29)23-19-10-5-6-11-20(19)26(30)28(14-15-31-2)24(23)22-13-8-16-33-22/h4-13,16,23-24H,3,14-15,17H2,1-2H3,(H,27,29)/t23-,24+/m1/s1. The van der Waals surface area contributed by atoms with E-state index in [0.717, 1.165) is 21.8 Å². The average molecular weight is 465 g/mol. The first-order valence-corrected chi connectivity index (χ1v) is 11.9. The number of benzene rings is 2. The van der Waals surface area contributed by atoms with E-state index in [0.29, 0.717) is 31.9 Å². The summed E-state index contributed by atoms with van der Waals surface area (Å²) >= 11 is 1.55. The van der Waals surface area contributed by atoms with E-state index < -0.39 is 12.0 Å². The molecule has 6 nitrogen and oxygen atoms in total. The Balaban J connectivity index is 1.69. The summed E-state index contributed by atoms with van der Waals surface area (Å²) in [5, 5.41) is 5.08. The zero-order valence-electron chi connectivity index (χ0n) is 18.8. The van der Waals surface area contributed by atoms with E-state index in [1.807, 2.05) is 66.9 Å². The first-order valence-electron chi connectivity index (χ1n) is 11.1. The lowest BCUT2D eigenvalue weighted by Crippen LogP contribution is -2.48. The molecule has 0 saturated carbocycles. The molecule has 0 spiro atoms. The molecular weight excluding hydrogens is 436 g/mol. The fraction of sp³-hybridized carbons (Fsp3) is 0.308. The van der Waals surface area contributed by atoms with Gasteiger partial charge in [-0.25, -0.2) is 0 Å². The number of ether oxygens (including phenoxy) is 2. The van der Waals surface area contributed by atoms with Gasteiger partial charge in [0.05, 0.1) is 25.2 Å². The molecule has 2 amide bonds. The van der Waals surface area contributed by atoms with Crippen molar-refractivity contribution in [3.05, 3.63) is 87.6 Å². The van der Waals surface area contributed by atoms with Gasteiger partial charge in [-0.2, -0.15) is 0 Å². The number of fused-ring (bicyclic) bond motifs is 1. The van der Waals surface area contributed by atoms with Gasteiger partial charge in [-0.05, 0) is 36.1 Å². The molecule has 0 unspecified atom stereocenters. The summed E-state index contributed by atoms with van der Waals surface area (Å²) in [5.41, 5.74) is 2.23. The van der Waals surface area contributed by atoms with Crippen LogP contribution in [0.25, 0.3) is 0 Å². The molecule has 1 aromatic heterocycles. The van der Waals surface area contributed by atoms with Crippen molar-refractivity contribution in [1.82, 2.24) is 10.2 Å². The first-order chi connectivity index (χ1) is 16.2. The van der Waals surface area contributed by atoms with Crippen LogP contribution in [0.1, 0.15) is 45.2 Å². The second-order valence-electron chi connectivity index (χ2n) is 7.78. The van der Waals surface area contributed by atoms with Gasteiger partial charge in [0, 0.05) is 36.2 Å². The van der Waals surface area contributed by atoms with Crippen LogP contribution in [-0.2, 0) is 16.1 Å². The number of methoxy groups -OCH3 is 1. The van der Waals surface area contributed by atoms with Gasteiger partial charge < -0.3 is 19.7 Å². The van der Waals surface area contributed by atoms with Crippen LogP contribution >= 0.6 is 11.3 Å². The highest BCUT2D eigenvalue weighted by molar-refractivity contribution is 7.10. The van der Waals surface area contributed by atoms with Gasteiger partial charge in [0.25, 0.3) is 5.91 Å². The molecule has 0 bridgehead atoms. The van der Waals surface area contributed by atoms with Crippen LogP contribution < -0.4 is 10.1 Å². The molecule has 33 heavy (non-hydrogen) atoms. The Labute approximate surface area is 198 Å². The molecule has 4 rings (SSSR count). The summed E-state index contributed by atoms with van der Waals surface area (Å²) in [6, 6.07) is 18.6. The fourth-order valence-corrected chi connectivity index (χ4v) is 5.20. The Hall–Kier alpha value is -3.16. The van der Waals surface area contributed by atoms with Gasteiger partial charge in [-0.1, -0.05) is 42.5 Å². The average Bonchev–Trinajstić information content (AvgIpc) is 3.37. The lowest BCUT2D eigenvalue weighted by molar-refractivity contribution is -0.124. The highest BCUT2D eigenvalue weighted by atomic mass is 32.1. The summed E-state index contributed by atoms with van der Waals surface area (Å²) in [5.74, 6) is 0.0265. The summed E-state index contributed by atoms with van der Waals surface area (Å²) in [7, 11) is 1.61. The van der Waals surface area contributed by atoms with Crippen LogP contribution in [0.4, 0.5) is 0 Å². The van der Waals surface area contributed by atoms with Crippen molar-refractivity contribution in [2.24, 2.45) is 0 Å². The summed E-state index contributed by atoms with van der Waals surface area (Å²) in [6.07, 6.45) is 0. The number of nitrogens with one attached hydrogen (secondary N) is 1. The van der Waals surface area contributed by atoms with Gasteiger partial charge in [-0.15, -0.1) is 11.3 Å². The highest BCUT2D eigenvalue weighted by Gasteiger charge is 2.44. The summed E-state index contributed by atoms with van der Waals surface area (Å²) < 4.78 is 11.0. The monoisotopic (exact) mass is 464 g/mol. The van der Waals surface area contributed by atoms with Crippen molar-refractivity contribution in [2.45, 2.75) is 25.4 Å². The molecule has 1 aliphatic heterocycles. The van der Waals surface area contributed by atoms with E-state index >= 15 is 0 Å². The number of nitrogens with zero attached hydrogens (tertiary/aromatic N) is 1. The van der Waals surface area contributed by atoms with Crippen molar-refractivity contribution >= 4 is 23.2 Å². The lowest BCUT2D eigenvalue weighted by Gasteiger charge is -2.41. The van der Waals surface area contributed by atoms with Crippen molar-refractivity contribution in [2.75, 3.05) is 26.9 Å². The maximum Gasteiger partial charge on any atom is 0.254 e. The number of carbonyl (C=O) groups is 2. The van der Waals surface area contributed by atoms with E-state index in [1.54, 1.807) is 29.4 Å². The number of para-hydroxylation sites is 1. The maximum absolute atomic E-state index is 13.7. The first kappa shape index (κ1) is 23.0. The summed E-state index contributed by atoms with van der Waals surface area (Å²) in [6.45, 7) is 3.63. The predicted molar refractivity (Wildman–Crippen MR) is 129 cm³/mol. The van der Waals surface area contributed by atoms with Crippen LogP contribution in [0.3, 0.4) is 0 Å². The van der Waals surface area contributed by atoms with Crippen molar-refractivity contribution < 1.29 is 19.1 Å². The zero-order valence-corrected chi connectivity index (χ0v) is 19.6. The molecule has 0 radical (unpaired) electrons. The minimum atomic E-state index is -0.534. The Morgan fingerprint density at radius 2 is 1.88 bits per heavy atom. The SMILES string of the molecule is CCOc1ccccc1CNC(=O)[C@@H]1c2ccccc2C(=O)N(CCOC)[C@H]1c1cccs1. The molecule has 7 heteroatoms. The Kier molecular flexibility index (Phi) is 7.42. The van der Waals surface area contributed by atoms with E-state index in [2.05, 4.69) is 5.32 Å². The molecule has 1 N–H and O–H groups in total. The number of thiophene rings is 1. The molecule has 0 saturated heterocycles. The Bertz CT molecular complexity index is 1100. The molecular formula is C26H28N2O4S. The van der Waals surface area contributed by atoms with Gasteiger partial charge in [0.2, 0.25) is 5.91 Å². The van der Waals surface area contributed by atoms with Gasteiger partial charge in [0.15, 0.2) is 0 Å². The lowest BCUT2D eigenvalue weighted by atomic mass is 9.81. The van der Waals surface area contributed by atoms with E-state index in [-0.39, 0.29) is 11.8 Å². The third kappa shape index (κ3) is 4.79. The van der Waals surface area contributed by atoms with Crippen LogP contribution in [0.5, 0.6) is 5.75 Å². The molecule has 2 aromatic carbocycles. The quantitative estimate of drug-likeness (QED) is 0.510. The second kappa shape index (κ2) is 10.6. The van der Waals surface area contributed by atoms with Gasteiger partial charge >= 0.3 is 0 Å². The zero-order chi connectivity index (χ0) is 23.2. The number of hydrogen-bond donors (Lipinski definition) is 1. The second-order valence-corrected chi connectivity index (χ2v) is 8.75. The largest absolute Gasteiger partial charge is 0.494 e. The van der Waals surface area contributed by atoms with Crippen LogP contribution in [0, 0.1) is 0 Å². The van der Waals surface area contributed by atoms with Crippen molar-refractivity contribution in [1.29, 1.82) is 0 Å². The molecule has 2 heterocycles. The normalized spacial score (nSPS) is 17.5. The minimum absolute atomic E-state index is 0.0770. The highest BCUT2D eigenvalue weighted by Crippen LogP contribution is 2.44. The molecule has 172 valence electrons. The number of rotatable bonds is 9. The van der Waals surface area contributed by atoms with Crippen molar-refractivity contribution in [3.8, 4) is 5.75 Å². The van der Waals surface area contributed by atoms with Crippen molar-refractivity contribution in [3.63, 3.8) is 0 Å². The van der Waals surface area contributed by atoms with Gasteiger partial charge in [0.1, 0.15) is 5.75 Å². The van der Waals surface area contributed by atoms with E-state index in [4.69, 9.17) is 9.47 Å². The van der Waals surface area contributed by atoms with E-state index in [9.17, 15) is 9.59 Å². The summed E-state index contributed by atoms with van der Waals surface area (Å²) in [4.78, 5) is 29.9.